The van der Waals surface area contributed by atoms with E-state index in [4.69, 9.17) is 18.8 Å². The number of hydrogen-bond donors (Lipinski definition) is 0. The monoisotopic (exact) mass is 360 g/mol. The molecule has 1 fully saturated rings. The maximum Gasteiger partial charge on any atom is 0.494 e. The van der Waals surface area contributed by atoms with Crippen LogP contribution < -0.4 is 10.2 Å². The Morgan fingerprint density at radius 1 is 1.23 bits per heavy atom. The van der Waals surface area contributed by atoms with E-state index in [-0.39, 0.29) is 30.4 Å². The summed E-state index contributed by atoms with van der Waals surface area (Å²) in [5, 5.41) is 0. The van der Waals surface area contributed by atoms with E-state index >= 15 is 0 Å². The van der Waals surface area contributed by atoms with Crippen molar-refractivity contribution < 1.29 is 23.6 Å². The molecule has 0 aromatic heterocycles. The third-order valence-corrected chi connectivity index (χ3v) is 5.62. The van der Waals surface area contributed by atoms with Crippen molar-refractivity contribution in [1.82, 2.24) is 0 Å². The van der Waals surface area contributed by atoms with Crippen LogP contribution in [-0.4, -0.2) is 37.0 Å². The molecule has 0 radical (unpaired) electrons. The molecular weight excluding hydrogens is 331 g/mol. The van der Waals surface area contributed by atoms with Gasteiger partial charge in [0.15, 0.2) is 0 Å². The van der Waals surface area contributed by atoms with Crippen LogP contribution in [0.3, 0.4) is 0 Å². The van der Waals surface area contributed by atoms with Crippen LogP contribution in [0.2, 0.25) is 0 Å². The van der Waals surface area contributed by atoms with E-state index in [0.717, 1.165) is 24.1 Å². The first-order valence-electron chi connectivity index (χ1n) is 9.52. The number of esters is 1. The second kappa shape index (κ2) is 7.24. The minimum atomic E-state index is -0.355. The predicted octanol–water partition coefficient (Wildman–Crippen LogP) is 3.02. The van der Waals surface area contributed by atoms with Gasteiger partial charge in [0, 0.05) is 6.42 Å². The normalized spacial score (nSPS) is 23.3. The van der Waals surface area contributed by atoms with E-state index in [1.807, 2.05) is 19.1 Å². The molecule has 5 nitrogen and oxygen atoms in total. The van der Waals surface area contributed by atoms with Gasteiger partial charge in [-0.15, -0.1) is 0 Å². The molecular formula is C20H29BO5. The van der Waals surface area contributed by atoms with Gasteiger partial charge in [0.25, 0.3) is 0 Å². The quantitative estimate of drug-likeness (QED) is 0.597. The van der Waals surface area contributed by atoms with Gasteiger partial charge in [0.1, 0.15) is 5.75 Å². The third-order valence-electron chi connectivity index (χ3n) is 5.62. The van der Waals surface area contributed by atoms with Crippen LogP contribution in [0.4, 0.5) is 0 Å². The number of fused-ring (bicyclic) bond motifs is 1. The highest BCUT2D eigenvalue weighted by atomic mass is 16.7. The van der Waals surface area contributed by atoms with Crippen LogP contribution in [0.25, 0.3) is 0 Å². The molecule has 26 heavy (non-hydrogen) atoms. The number of aryl methyl sites for hydroxylation is 1. The SMILES string of the molecule is CCOC(=O)CCC1CCc2cc(B3OC(C)(C)C(C)(C)O3)ccc2O1. The van der Waals surface area contributed by atoms with Crippen LogP contribution in [0.15, 0.2) is 18.2 Å². The van der Waals surface area contributed by atoms with Crippen LogP contribution in [0.5, 0.6) is 5.75 Å². The predicted molar refractivity (Wildman–Crippen MR) is 101 cm³/mol. The summed E-state index contributed by atoms with van der Waals surface area (Å²) in [5.74, 6) is 0.739. The summed E-state index contributed by atoms with van der Waals surface area (Å²) in [6.07, 6.45) is 2.99. The average Bonchev–Trinajstić information content (AvgIpc) is 2.80. The fourth-order valence-electron chi connectivity index (χ4n) is 3.31. The number of carbonyl (C=O) groups is 1. The fraction of sp³-hybridized carbons (Fsp3) is 0.650. The molecule has 3 rings (SSSR count). The highest BCUT2D eigenvalue weighted by Crippen LogP contribution is 2.37. The highest BCUT2D eigenvalue weighted by molar-refractivity contribution is 6.62. The summed E-state index contributed by atoms with van der Waals surface area (Å²) in [5.41, 5.74) is 1.51. The largest absolute Gasteiger partial charge is 0.494 e. The molecule has 1 atom stereocenters. The Morgan fingerprint density at radius 3 is 2.58 bits per heavy atom. The van der Waals surface area contributed by atoms with Gasteiger partial charge in [-0.3, -0.25) is 4.79 Å². The maximum absolute atomic E-state index is 11.5. The molecule has 2 aliphatic rings. The number of ether oxygens (including phenoxy) is 2. The van der Waals surface area contributed by atoms with Crippen molar-refractivity contribution in [3.63, 3.8) is 0 Å². The van der Waals surface area contributed by atoms with E-state index in [9.17, 15) is 4.79 Å². The van der Waals surface area contributed by atoms with E-state index in [2.05, 4.69) is 33.8 Å². The van der Waals surface area contributed by atoms with Crippen molar-refractivity contribution in [3.8, 4) is 5.75 Å². The number of carbonyl (C=O) groups excluding carboxylic acids is 1. The van der Waals surface area contributed by atoms with Crippen LogP contribution in [-0.2, 0) is 25.3 Å². The number of benzene rings is 1. The standard InChI is InChI=1S/C20H29BO5/c1-6-23-18(22)12-10-16-9-7-14-13-15(8-11-17(14)24-16)21-25-19(2,3)20(4,5)26-21/h8,11,13,16H,6-7,9-10,12H2,1-5H3. The molecule has 2 aliphatic heterocycles. The van der Waals surface area contributed by atoms with Gasteiger partial charge in [0.2, 0.25) is 0 Å². The zero-order chi connectivity index (χ0) is 18.9. The van der Waals surface area contributed by atoms with Gasteiger partial charge in [0.05, 0.1) is 23.9 Å². The van der Waals surface area contributed by atoms with Gasteiger partial charge in [-0.1, -0.05) is 12.1 Å². The molecule has 1 unspecified atom stereocenters. The number of hydrogen-bond acceptors (Lipinski definition) is 5. The van der Waals surface area contributed by atoms with Crippen molar-refractivity contribution in [2.24, 2.45) is 0 Å². The Labute approximate surface area is 156 Å². The first kappa shape index (κ1) is 19.2. The minimum Gasteiger partial charge on any atom is -0.490 e. The van der Waals surface area contributed by atoms with Gasteiger partial charge in [-0.05, 0) is 71.0 Å². The van der Waals surface area contributed by atoms with Crippen LogP contribution in [0, 0.1) is 0 Å². The van der Waals surface area contributed by atoms with E-state index in [0.29, 0.717) is 19.4 Å². The van der Waals surface area contributed by atoms with Crippen molar-refractivity contribution in [1.29, 1.82) is 0 Å². The van der Waals surface area contributed by atoms with Gasteiger partial charge >= 0.3 is 13.1 Å². The summed E-state index contributed by atoms with van der Waals surface area (Å²) in [6.45, 7) is 10.5. The zero-order valence-corrected chi connectivity index (χ0v) is 16.5. The van der Waals surface area contributed by atoms with Crippen molar-refractivity contribution in [2.45, 2.75) is 77.6 Å². The lowest BCUT2D eigenvalue weighted by atomic mass is 9.77. The molecule has 142 valence electrons. The molecule has 1 aromatic rings. The van der Waals surface area contributed by atoms with Gasteiger partial charge in [-0.25, -0.2) is 0 Å². The second-order valence-corrected chi connectivity index (χ2v) is 8.08. The fourth-order valence-corrected chi connectivity index (χ4v) is 3.31. The summed E-state index contributed by atoms with van der Waals surface area (Å²) in [4.78, 5) is 11.5. The molecule has 6 heteroatoms. The first-order valence-corrected chi connectivity index (χ1v) is 9.52. The highest BCUT2D eigenvalue weighted by Gasteiger charge is 2.51. The van der Waals surface area contributed by atoms with E-state index in [1.165, 1.54) is 5.56 Å². The molecule has 0 N–H and O–H groups in total. The second-order valence-electron chi connectivity index (χ2n) is 8.08. The zero-order valence-electron chi connectivity index (χ0n) is 16.5. The minimum absolute atomic E-state index is 0.0644. The smallest absolute Gasteiger partial charge is 0.490 e. The molecule has 0 bridgehead atoms. The molecule has 0 amide bonds. The summed E-state index contributed by atoms with van der Waals surface area (Å²) in [6, 6.07) is 6.12. The summed E-state index contributed by atoms with van der Waals surface area (Å²) in [7, 11) is -0.355. The molecule has 0 saturated carbocycles. The summed E-state index contributed by atoms with van der Waals surface area (Å²) < 4.78 is 23.3. The lowest BCUT2D eigenvalue weighted by Gasteiger charge is -2.32. The summed E-state index contributed by atoms with van der Waals surface area (Å²) >= 11 is 0. The Kier molecular flexibility index (Phi) is 5.36. The van der Waals surface area contributed by atoms with Crippen molar-refractivity contribution in [2.75, 3.05) is 6.61 Å². The molecule has 1 saturated heterocycles. The first-order chi connectivity index (χ1) is 12.2. The average molecular weight is 360 g/mol. The third kappa shape index (κ3) is 3.91. The molecule has 0 aliphatic carbocycles. The topological polar surface area (TPSA) is 54.0 Å². The maximum atomic E-state index is 11.5. The Hall–Kier alpha value is -1.53. The van der Waals surface area contributed by atoms with E-state index < -0.39 is 0 Å². The van der Waals surface area contributed by atoms with Crippen molar-refractivity contribution in [3.05, 3.63) is 23.8 Å². The molecule has 0 spiro atoms. The Bertz CT molecular complexity index is 654. The molecule has 1 aromatic carbocycles. The van der Waals surface area contributed by atoms with Crippen molar-refractivity contribution >= 4 is 18.6 Å². The Balaban J connectivity index is 1.64. The lowest BCUT2D eigenvalue weighted by molar-refractivity contribution is -0.143. The van der Waals surface area contributed by atoms with E-state index in [1.54, 1.807) is 0 Å². The van der Waals surface area contributed by atoms with Crippen LogP contribution in [0.1, 0.15) is 59.4 Å². The van der Waals surface area contributed by atoms with Gasteiger partial charge in [-0.2, -0.15) is 0 Å². The lowest BCUT2D eigenvalue weighted by Crippen LogP contribution is -2.41. The molecule has 2 heterocycles. The van der Waals surface area contributed by atoms with Crippen LogP contribution >= 0.6 is 0 Å². The van der Waals surface area contributed by atoms with Gasteiger partial charge < -0.3 is 18.8 Å². The number of rotatable bonds is 5. The Morgan fingerprint density at radius 2 is 1.92 bits per heavy atom.